The first-order valence-corrected chi connectivity index (χ1v) is 5.26. The van der Waals surface area contributed by atoms with Crippen LogP contribution in [0.25, 0.3) is 0 Å². The van der Waals surface area contributed by atoms with Crippen LogP contribution in [0, 0.1) is 0 Å². The summed E-state index contributed by atoms with van der Waals surface area (Å²) in [6, 6.07) is 2.24. The Hall–Kier alpha value is -3.30. The first-order valence-electron chi connectivity index (χ1n) is 5.26. The van der Waals surface area contributed by atoms with Gasteiger partial charge in [0.05, 0.1) is 23.8 Å². The highest BCUT2D eigenvalue weighted by atomic mass is 16.2. The maximum Gasteiger partial charge on any atom is 0.326 e. The Balaban J connectivity index is 2.18. The minimum absolute atomic E-state index is 0.162. The molecule has 0 unspecified atom stereocenters. The van der Waals surface area contributed by atoms with Crippen LogP contribution in [0.15, 0.2) is 41.5 Å². The maximum atomic E-state index is 11.0. The standard InChI is InChI=1S/C10H8N6O4/c17-7-1-5(13-9(19)15-7)3-11-12-4-6-2-8(18)16-10(20)14-6/h1-4H,(H2,13,15,17,19)(H2,14,16,18,20)/b11-3-,12-4-. The number of hydrogen-bond acceptors (Lipinski definition) is 6. The second-order valence-corrected chi connectivity index (χ2v) is 3.58. The average molecular weight is 276 g/mol. The molecular weight excluding hydrogens is 268 g/mol. The maximum absolute atomic E-state index is 11.0. The minimum Gasteiger partial charge on any atom is -0.306 e. The van der Waals surface area contributed by atoms with Crippen molar-refractivity contribution in [1.82, 2.24) is 19.9 Å². The molecule has 0 spiro atoms. The molecule has 0 aliphatic heterocycles. The van der Waals surface area contributed by atoms with Crippen molar-refractivity contribution < 1.29 is 0 Å². The van der Waals surface area contributed by atoms with Gasteiger partial charge in [0.1, 0.15) is 0 Å². The fraction of sp³-hybridized carbons (Fsp3) is 0. The SMILES string of the molecule is O=c1cc(/C=N\N=C/c2cc(=O)[nH]c(=O)[nH]2)[nH]c(=O)[nH]1. The summed E-state index contributed by atoms with van der Waals surface area (Å²) < 4.78 is 0. The van der Waals surface area contributed by atoms with Crippen molar-refractivity contribution in [2.75, 3.05) is 0 Å². The molecule has 2 rings (SSSR count). The average Bonchev–Trinajstić information content (AvgIpc) is 2.32. The van der Waals surface area contributed by atoms with Gasteiger partial charge in [-0.2, -0.15) is 10.2 Å². The molecule has 2 aromatic rings. The number of nitrogens with zero attached hydrogens (tertiary/aromatic N) is 2. The monoisotopic (exact) mass is 276 g/mol. The third kappa shape index (κ3) is 3.60. The first-order chi connectivity index (χ1) is 9.52. The molecule has 102 valence electrons. The van der Waals surface area contributed by atoms with Crippen molar-refractivity contribution in [2.45, 2.75) is 0 Å². The molecule has 0 fully saturated rings. The third-order valence-electron chi connectivity index (χ3n) is 2.02. The summed E-state index contributed by atoms with van der Waals surface area (Å²) in [5.74, 6) is 0. The highest BCUT2D eigenvalue weighted by Gasteiger charge is 1.93. The van der Waals surface area contributed by atoms with Gasteiger partial charge in [-0.3, -0.25) is 19.6 Å². The van der Waals surface area contributed by atoms with Crippen LogP contribution in [0.2, 0.25) is 0 Å². The van der Waals surface area contributed by atoms with Gasteiger partial charge in [0, 0.05) is 12.1 Å². The van der Waals surface area contributed by atoms with Crippen molar-refractivity contribution in [3.63, 3.8) is 0 Å². The van der Waals surface area contributed by atoms with Gasteiger partial charge in [-0.15, -0.1) is 0 Å². The molecule has 0 atom stereocenters. The molecule has 0 saturated carbocycles. The van der Waals surface area contributed by atoms with Gasteiger partial charge < -0.3 is 9.97 Å². The zero-order valence-corrected chi connectivity index (χ0v) is 9.84. The molecular formula is C10H8N6O4. The molecule has 0 aliphatic rings. The van der Waals surface area contributed by atoms with Gasteiger partial charge in [0.2, 0.25) is 0 Å². The van der Waals surface area contributed by atoms with Crippen LogP contribution in [0.1, 0.15) is 11.4 Å². The van der Waals surface area contributed by atoms with Gasteiger partial charge in [-0.25, -0.2) is 9.59 Å². The Bertz CT molecular complexity index is 765. The van der Waals surface area contributed by atoms with Crippen molar-refractivity contribution in [3.05, 3.63) is 65.2 Å². The van der Waals surface area contributed by atoms with Crippen LogP contribution < -0.4 is 22.5 Å². The molecule has 4 N–H and O–H groups in total. The molecule has 10 nitrogen and oxygen atoms in total. The van der Waals surface area contributed by atoms with Crippen LogP contribution in [0.3, 0.4) is 0 Å². The van der Waals surface area contributed by atoms with Gasteiger partial charge in [-0.1, -0.05) is 0 Å². The lowest BCUT2D eigenvalue weighted by Gasteiger charge is -1.90. The predicted molar refractivity (Wildman–Crippen MR) is 70.6 cm³/mol. The highest BCUT2D eigenvalue weighted by molar-refractivity contribution is 5.79. The van der Waals surface area contributed by atoms with E-state index >= 15 is 0 Å². The van der Waals surface area contributed by atoms with E-state index in [2.05, 4.69) is 20.2 Å². The van der Waals surface area contributed by atoms with E-state index in [9.17, 15) is 19.2 Å². The molecule has 2 aromatic heterocycles. The van der Waals surface area contributed by atoms with E-state index in [-0.39, 0.29) is 11.4 Å². The van der Waals surface area contributed by atoms with Gasteiger partial charge >= 0.3 is 11.4 Å². The molecule has 0 radical (unpaired) electrons. The van der Waals surface area contributed by atoms with E-state index in [4.69, 9.17) is 0 Å². The van der Waals surface area contributed by atoms with Gasteiger partial charge in [0.25, 0.3) is 11.1 Å². The summed E-state index contributed by atoms with van der Waals surface area (Å²) in [6.07, 6.45) is 2.27. The Kier molecular flexibility index (Phi) is 3.65. The third-order valence-corrected chi connectivity index (χ3v) is 2.02. The minimum atomic E-state index is -0.665. The Morgan fingerprint density at radius 3 is 1.45 bits per heavy atom. The van der Waals surface area contributed by atoms with Crippen molar-refractivity contribution >= 4 is 12.4 Å². The molecule has 2 heterocycles. The predicted octanol–water partition coefficient (Wildman–Crippen LogP) is -2.11. The number of H-pyrrole nitrogens is 4. The van der Waals surface area contributed by atoms with Crippen LogP contribution in [-0.2, 0) is 0 Å². The summed E-state index contributed by atoms with van der Waals surface area (Å²) in [5, 5.41) is 7.13. The van der Waals surface area contributed by atoms with Crippen LogP contribution in [-0.4, -0.2) is 32.4 Å². The summed E-state index contributed by atoms with van der Waals surface area (Å²) in [5.41, 5.74) is -2.15. The zero-order chi connectivity index (χ0) is 14.5. The number of rotatable bonds is 3. The number of aromatic nitrogens is 4. The van der Waals surface area contributed by atoms with E-state index < -0.39 is 22.5 Å². The summed E-state index contributed by atoms with van der Waals surface area (Å²) >= 11 is 0. The Labute approximate surface area is 109 Å². The van der Waals surface area contributed by atoms with Crippen molar-refractivity contribution in [3.8, 4) is 0 Å². The fourth-order valence-electron chi connectivity index (χ4n) is 1.31. The summed E-state index contributed by atoms with van der Waals surface area (Å²) in [4.78, 5) is 52.5. The normalized spacial score (nSPS) is 11.4. The van der Waals surface area contributed by atoms with Crippen LogP contribution in [0.5, 0.6) is 0 Å². The Morgan fingerprint density at radius 1 is 0.700 bits per heavy atom. The summed E-state index contributed by atoms with van der Waals surface area (Å²) in [6.45, 7) is 0. The molecule has 10 heteroatoms. The second-order valence-electron chi connectivity index (χ2n) is 3.58. The quantitative estimate of drug-likeness (QED) is 0.374. The molecule has 0 aliphatic carbocycles. The first kappa shape index (κ1) is 13.1. The van der Waals surface area contributed by atoms with Crippen LogP contribution >= 0.6 is 0 Å². The fourth-order valence-corrected chi connectivity index (χ4v) is 1.31. The van der Waals surface area contributed by atoms with Gasteiger partial charge in [-0.05, 0) is 0 Å². The lowest BCUT2D eigenvalue weighted by Crippen LogP contribution is -2.22. The van der Waals surface area contributed by atoms with Crippen LogP contribution in [0.4, 0.5) is 0 Å². The molecule has 0 aromatic carbocycles. The van der Waals surface area contributed by atoms with E-state index in [0.29, 0.717) is 0 Å². The molecule has 0 bridgehead atoms. The highest BCUT2D eigenvalue weighted by Crippen LogP contribution is 1.82. The topological polar surface area (TPSA) is 156 Å². The van der Waals surface area contributed by atoms with E-state index in [0.717, 1.165) is 24.6 Å². The van der Waals surface area contributed by atoms with Crippen molar-refractivity contribution in [2.24, 2.45) is 10.2 Å². The second kappa shape index (κ2) is 5.56. The number of hydrogen-bond donors (Lipinski definition) is 4. The molecule has 0 saturated heterocycles. The summed E-state index contributed by atoms with van der Waals surface area (Å²) in [7, 11) is 0. The number of nitrogens with one attached hydrogen (secondary N) is 4. The van der Waals surface area contributed by atoms with Gasteiger partial charge in [0.15, 0.2) is 0 Å². The van der Waals surface area contributed by atoms with Crippen molar-refractivity contribution in [1.29, 1.82) is 0 Å². The largest absolute Gasteiger partial charge is 0.326 e. The molecule has 20 heavy (non-hydrogen) atoms. The van der Waals surface area contributed by atoms with E-state index in [1.807, 2.05) is 9.97 Å². The smallest absolute Gasteiger partial charge is 0.306 e. The Morgan fingerprint density at radius 2 is 1.10 bits per heavy atom. The lowest BCUT2D eigenvalue weighted by molar-refractivity contribution is 1.02. The number of aromatic amines is 4. The zero-order valence-electron chi connectivity index (χ0n) is 9.84. The molecule has 0 amide bonds. The van der Waals surface area contributed by atoms with E-state index in [1.54, 1.807) is 0 Å². The van der Waals surface area contributed by atoms with E-state index in [1.165, 1.54) is 0 Å². The lowest BCUT2D eigenvalue weighted by atomic mass is 10.4.